The van der Waals surface area contributed by atoms with Crippen molar-refractivity contribution in [2.24, 2.45) is 0 Å². The summed E-state index contributed by atoms with van der Waals surface area (Å²) in [6, 6.07) is -1.57. The van der Waals surface area contributed by atoms with Crippen molar-refractivity contribution in [3.8, 4) is 0 Å². The number of aliphatic hydroxyl groups is 1. The molecular weight excluding hydrogens is 208 g/mol. The van der Waals surface area contributed by atoms with E-state index in [4.69, 9.17) is 10.2 Å². The molecule has 14 heavy (non-hydrogen) atoms. The van der Waals surface area contributed by atoms with Gasteiger partial charge in [-0.05, 0) is 0 Å². The van der Waals surface area contributed by atoms with Gasteiger partial charge in [0.2, 0.25) is 5.91 Å². The minimum atomic E-state index is -1.23. The van der Waals surface area contributed by atoms with Gasteiger partial charge >= 0.3 is 5.97 Å². The summed E-state index contributed by atoms with van der Waals surface area (Å²) >= 11 is 1.57. The zero-order chi connectivity index (χ0) is 10.6. The van der Waals surface area contributed by atoms with Crippen molar-refractivity contribution in [3.63, 3.8) is 0 Å². The average Bonchev–Trinajstić information content (AvgIpc) is 2.65. The van der Waals surface area contributed by atoms with E-state index in [9.17, 15) is 9.59 Å². The molecule has 1 heterocycles. The Morgan fingerprint density at radius 2 is 2.36 bits per heavy atom. The number of aliphatic hydroxyl groups excluding tert-OH is 1. The molecule has 0 spiro atoms. The fourth-order valence-corrected chi connectivity index (χ4v) is 1.96. The largest absolute Gasteiger partial charge is 0.480 e. The van der Waals surface area contributed by atoms with Gasteiger partial charge in [0.05, 0.1) is 12.6 Å². The molecule has 2 atom stereocenters. The van der Waals surface area contributed by atoms with E-state index in [0.717, 1.165) is 0 Å². The summed E-state index contributed by atoms with van der Waals surface area (Å²) in [5.74, 6) is -0.290. The average molecular weight is 220 g/mol. The second kappa shape index (κ2) is 5.18. The second-order valence-electron chi connectivity index (χ2n) is 2.85. The third-order valence-corrected chi connectivity index (χ3v) is 2.77. The van der Waals surface area contributed by atoms with E-state index in [1.807, 2.05) is 0 Å². The van der Waals surface area contributed by atoms with Crippen LogP contribution in [-0.4, -0.2) is 52.4 Å². The van der Waals surface area contributed by atoms with Crippen molar-refractivity contribution in [2.45, 2.75) is 12.1 Å². The fourth-order valence-electron chi connectivity index (χ4n) is 1.02. The highest BCUT2D eigenvalue weighted by Gasteiger charge is 2.26. The zero-order valence-electron chi connectivity index (χ0n) is 7.40. The van der Waals surface area contributed by atoms with Crippen molar-refractivity contribution < 1.29 is 19.8 Å². The smallest absolute Gasteiger partial charge is 0.328 e. The van der Waals surface area contributed by atoms with Crippen LogP contribution in [0.15, 0.2) is 0 Å². The summed E-state index contributed by atoms with van der Waals surface area (Å²) in [5.41, 5.74) is 0. The Morgan fingerprint density at radius 3 is 2.79 bits per heavy atom. The molecule has 1 fully saturated rings. The van der Waals surface area contributed by atoms with Crippen molar-refractivity contribution in [1.82, 2.24) is 10.6 Å². The molecule has 0 bridgehead atoms. The number of carbonyl (C=O) groups excluding carboxylic acids is 1. The molecule has 1 unspecified atom stereocenters. The van der Waals surface area contributed by atoms with Gasteiger partial charge in [-0.3, -0.25) is 10.1 Å². The van der Waals surface area contributed by atoms with Crippen LogP contribution in [0.4, 0.5) is 0 Å². The molecular formula is C7H12N2O4S. The predicted molar refractivity (Wildman–Crippen MR) is 50.9 cm³/mol. The van der Waals surface area contributed by atoms with Crippen molar-refractivity contribution in [2.75, 3.05) is 18.2 Å². The van der Waals surface area contributed by atoms with Gasteiger partial charge in [0, 0.05) is 11.6 Å². The molecule has 1 rings (SSSR count). The highest BCUT2D eigenvalue weighted by atomic mass is 32.2. The topological polar surface area (TPSA) is 98.7 Å². The summed E-state index contributed by atoms with van der Waals surface area (Å²) in [6.07, 6.45) is 0. The standard InChI is InChI=1S/C7H12N2O4S/c10-1-4(7(12)13)9-6(11)5-2-14-3-8-5/h4-5,8,10H,1-3H2,(H,9,11)(H,12,13)/t4-,5?/m0/s1. The second-order valence-corrected chi connectivity index (χ2v) is 3.88. The molecule has 0 aromatic heterocycles. The molecule has 6 nitrogen and oxygen atoms in total. The van der Waals surface area contributed by atoms with Gasteiger partial charge in [0.25, 0.3) is 0 Å². The number of thioether (sulfide) groups is 1. The number of amides is 1. The molecule has 0 aromatic rings. The Labute approximate surface area is 85.1 Å². The number of carboxylic acid groups (broad SMARTS) is 1. The van der Waals surface area contributed by atoms with Gasteiger partial charge < -0.3 is 15.5 Å². The first-order valence-electron chi connectivity index (χ1n) is 4.10. The van der Waals surface area contributed by atoms with E-state index >= 15 is 0 Å². The van der Waals surface area contributed by atoms with Crippen LogP contribution in [0.5, 0.6) is 0 Å². The molecule has 80 valence electrons. The fraction of sp³-hybridized carbons (Fsp3) is 0.714. The molecule has 4 N–H and O–H groups in total. The minimum absolute atomic E-state index is 0.353. The molecule has 0 saturated carbocycles. The Morgan fingerprint density at radius 1 is 1.64 bits per heavy atom. The zero-order valence-corrected chi connectivity index (χ0v) is 8.21. The normalized spacial score (nSPS) is 23.1. The van der Waals surface area contributed by atoms with Gasteiger partial charge in [0.15, 0.2) is 0 Å². The van der Waals surface area contributed by atoms with E-state index in [-0.39, 0.29) is 11.9 Å². The van der Waals surface area contributed by atoms with E-state index in [1.165, 1.54) is 0 Å². The third-order valence-electron chi connectivity index (χ3n) is 1.83. The molecule has 0 aliphatic carbocycles. The van der Waals surface area contributed by atoms with Crippen LogP contribution in [0.25, 0.3) is 0 Å². The number of hydrogen-bond acceptors (Lipinski definition) is 5. The van der Waals surface area contributed by atoms with Crippen molar-refractivity contribution in [3.05, 3.63) is 0 Å². The van der Waals surface area contributed by atoms with E-state index < -0.39 is 18.6 Å². The molecule has 0 aromatic carbocycles. The highest BCUT2D eigenvalue weighted by Crippen LogP contribution is 2.09. The summed E-state index contributed by atoms with van der Waals surface area (Å²) < 4.78 is 0. The van der Waals surface area contributed by atoms with Gasteiger partial charge in [-0.2, -0.15) is 0 Å². The van der Waals surface area contributed by atoms with Gasteiger partial charge in [-0.1, -0.05) is 0 Å². The van der Waals surface area contributed by atoms with Crippen LogP contribution in [0.3, 0.4) is 0 Å². The van der Waals surface area contributed by atoms with Crippen LogP contribution >= 0.6 is 11.8 Å². The molecule has 0 radical (unpaired) electrons. The highest BCUT2D eigenvalue weighted by molar-refractivity contribution is 7.99. The Hall–Kier alpha value is -0.790. The number of rotatable bonds is 4. The number of aliphatic carboxylic acids is 1. The van der Waals surface area contributed by atoms with Crippen LogP contribution in [0.2, 0.25) is 0 Å². The van der Waals surface area contributed by atoms with Crippen molar-refractivity contribution >= 4 is 23.6 Å². The van der Waals surface area contributed by atoms with E-state index in [2.05, 4.69) is 10.6 Å². The van der Waals surface area contributed by atoms with Gasteiger partial charge in [-0.25, -0.2) is 4.79 Å². The number of carbonyl (C=O) groups is 2. The maximum atomic E-state index is 11.4. The summed E-state index contributed by atoms with van der Waals surface area (Å²) in [6.45, 7) is -0.596. The number of nitrogens with one attached hydrogen (secondary N) is 2. The number of hydrogen-bond donors (Lipinski definition) is 4. The lowest BCUT2D eigenvalue weighted by Gasteiger charge is -2.14. The van der Waals surface area contributed by atoms with Crippen LogP contribution in [0, 0.1) is 0 Å². The van der Waals surface area contributed by atoms with E-state index in [1.54, 1.807) is 11.8 Å². The summed E-state index contributed by atoms with van der Waals surface area (Å²) in [7, 11) is 0. The monoisotopic (exact) mass is 220 g/mol. The summed E-state index contributed by atoms with van der Waals surface area (Å²) in [5, 5.41) is 22.4. The quantitative estimate of drug-likeness (QED) is 0.447. The van der Waals surface area contributed by atoms with Crippen LogP contribution in [0.1, 0.15) is 0 Å². The lowest BCUT2D eigenvalue weighted by Crippen LogP contribution is -2.50. The SMILES string of the molecule is O=C(N[C@@H](CO)C(=O)O)C1CSCN1. The predicted octanol–water partition coefficient (Wildman–Crippen LogP) is -1.79. The number of carboxylic acids is 1. The maximum absolute atomic E-state index is 11.4. The molecule has 1 amide bonds. The van der Waals surface area contributed by atoms with Crippen LogP contribution in [-0.2, 0) is 9.59 Å². The Bertz CT molecular complexity index is 230. The lowest BCUT2D eigenvalue weighted by atomic mass is 10.2. The molecule has 1 aliphatic rings. The van der Waals surface area contributed by atoms with Crippen LogP contribution < -0.4 is 10.6 Å². The lowest BCUT2D eigenvalue weighted by molar-refractivity contribution is -0.143. The Kier molecular flexibility index (Phi) is 4.18. The minimum Gasteiger partial charge on any atom is -0.480 e. The van der Waals surface area contributed by atoms with Crippen molar-refractivity contribution in [1.29, 1.82) is 0 Å². The first-order valence-corrected chi connectivity index (χ1v) is 5.25. The van der Waals surface area contributed by atoms with Gasteiger partial charge in [0.1, 0.15) is 6.04 Å². The first kappa shape index (κ1) is 11.3. The molecule has 7 heteroatoms. The maximum Gasteiger partial charge on any atom is 0.328 e. The Balaban J connectivity index is 2.41. The first-order chi connectivity index (χ1) is 6.65. The van der Waals surface area contributed by atoms with Gasteiger partial charge in [-0.15, -0.1) is 11.8 Å². The molecule has 1 saturated heterocycles. The van der Waals surface area contributed by atoms with E-state index in [0.29, 0.717) is 11.6 Å². The molecule has 1 aliphatic heterocycles. The summed E-state index contributed by atoms with van der Waals surface area (Å²) in [4.78, 5) is 21.8. The third kappa shape index (κ3) is 2.86.